The van der Waals surface area contributed by atoms with Gasteiger partial charge in [0, 0.05) is 17.3 Å². The summed E-state index contributed by atoms with van der Waals surface area (Å²) in [6.45, 7) is 0. The van der Waals surface area contributed by atoms with Crippen molar-refractivity contribution in [3.8, 4) is 0 Å². The molecule has 2 N–H and O–H groups in total. The van der Waals surface area contributed by atoms with Gasteiger partial charge in [-0.15, -0.1) is 11.3 Å². The molecular weight excluding hydrogens is 371 g/mol. The number of esters is 1. The summed E-state index contributed by atoms with van der Waals surface area (Å²) < 4.78 is 19.4. The number of rotatable bonds is 4. The SMILES string of the molecule is CNC(=O)NC(=O)[C@@H](OC(=O)c1cc2cc(F)ccc2s1)c1ccccc1. The first-order chi connectivity index (χ1) is 13.0. The molecule has 0 radical (unpaired) electrons. The van der Waals surface area contributed by atoms with Crippen LogP contribution in [-0.2, 0) is 9.53 Å². The van der Waals surface area contributed by atoms with E-state index in [0.717, 1.165) is 16.0 Å². The molecule has 8 heteroatoms. The zero-order valence-corrected chi connectivity index (χ0v) is 15.0. The summed E-state index contributed by atoms with van der Waals surface area (Å²) in [5.74, 6) is -1.93. The van der Waals surface area contributed by atoms with Crippen LogP contribution in [0.5, 0.6) is 0 Å². The lowest BCUT2D eigenvalue weighted by Crippen LogP contribution is -2.41. The molecule has 6 nitrogen and oxygen atoms in total. The topological polar surface area (TPSA) is 84.5 Å². The molecule has 0 aliphatic carbocycles. The summed E-state index contributed by atoms with van der Waals surface area (Å²) >= 11 is 1.13. The number of carbonyl (C=O) groups is 3. The highest BCUT2D eigenvalue weighted by atomic mass is 32.1. The summed E-state index contributed by atoms with van der Waals surface area (Å²) in [7, 11) is 1.36. The lowest BCUT2D eigenvalue weighted by molar-refractivity contribution is -0.129. The van der Waals surface area contributed by atoms with Gasteiger partial charge in [0.1, 0.15) is 10.7 Å². The van der Waals surface area contributed by atoms with Crippen LogP contribution in [0.4, 0.5) is 9.18 Å². The van der Waals surface area contributed by atoms with Gasteiger partial charge < -0.3 is 10.1 Å². The van der Waals surface area contributed by atoms with Crippen molar-refractivity contribution >= 4 is 39.3 Å². The van der Waals surface area contributed by atoms with Gasteiger partial charge in [-0.25, -0.2) is 14.0 Å². The first-order valence-corrected chi connectivity index (χ1v) is 8.77. The molecule has 0 saturated carbocycles. The van der Waals surface area contributed by atoms with Gasteiger partial charge in [0.15, 0.2) is 0 Å². The summed E-state index contributed by atoms with van der Waals surface area (Å²) in [4.78, 5) is 36.6. The maximum absolute atomic E-state index is 13.3. The second-order valence-electron chi connectivity index (χ2n) is 5.56. The van der Waals surface area contributed by atoms with Gasteiger partial charge >= 0.3 is 12.0 Å². The van der Waals surface area contributed by atoms with E-state index in [4.69, 9.17) is 4.74 Å². The van der Waals surface area contributed by atoms with Crippen molar-refractivity contribution in [1.82, 2.24) is 10.6 Å². The number of hydrogen-bond donors (Lipinski definition) is 2. The molecule has 0 saturated heterocycles. The fraction of sp³-hybridized carbons (Fsp3) is 0.105. The number of hydrogen-bond acceptors (Lipinski definition) is 5. The Balaban J connectivity index is 1.86. The molecule has 3 aromatic rings. The molecule has 138 valence electrons. The minimum atomic E-state index is -1.31. The molecule has 1 aromatic heterocycles. The molecule has 1 heterocycles. The van der Waals surface area contributed by atoms with E-state index in [1.165, 1.54) is 25.2 Å². The van der Waals surface area contributed by atoms with Crippen molar-refractivity contribution in [2.75, 3.05) is 7.05 Å². The third-order valence-electron chi connectivity index (χ3n) is 3.71. The van der Waals surface area contributed by atoms with Crippen LogP contribution in [0, 0.1) is 5.82 Å². The van der Waals surface area contributed by atoms with E-state index < -0.39 is 29.8 Å². The molecule has 3 amide bonds. The van der Waals surface area contributed by atoms with E-state index in [1.54, 1.807) is 36.4 Å². The largest absolute Gasteiger partial charge is 0.443 e. The van der Waals surface area contributed by atoms with Crippen molar-refractivity contribution in [3.05, 3.63) is 70.9 Å². The Bertz CT molecular complexity index is 1000. The monoisotopic (exact) mass is 386 g/mol. The zero-order chi connectivity index (χ0) is 19.4. The van der Waals surface area contributed by atoms with Gasteiger partial charge in [-0.05, 0) is 29.7 Å². The van der Waals surface area contributed by atoms with E-state index in [-0.39, 0.29) is 4.88 Å². The maximum atomic E-state index is 13.3. The fourth-order valence-corrected chi connectivity index (χ4v) is 3.35. The highest BCUT2D eigenvalue weighted by Gasteiger charge is 2.27. The lowest BCUT2D eigenvalue weighted by Gasteiger charge is -2.17. The van der Waals surface area contributed by atoms with E-state index in [9.17, 15) is 18.8 Å². The molecule has 0 fully saturated rings. The number of nitrogens with one attached hydrogen (secondary N) is 2. The minimum absolute atomic E-state index is 0.226. The third-order valence-corrected chi connectivity index (χ3v) is 4.80. The molecule has 1 atom stereocenters. The number of fused-ring (bicyclic) bond motifs is 1. The smallest absolute Gasteiger partial charge is 0.349 e. The van der Waals surface area contributed by atoms with Gasteiger partial charge in [0.05, 0.1) is 0 Å². The summed E-state index contributed by atoms with van der Waals surface area (Å²) in [6.07, 6.45) is -1.31. The number of thiophene rings is 1. The van der Waals surface area contributed by atoms with E-state index in [2.05, 4.69) is 10.6 Å². The maximum Gasteiger partial charge on any atom is 0.349 e. The van der Waals surface area contributed by atoms with Crippen LogP contribution in [0.2, 0.25) is 0 Å². The van der Waals surface area contributed by atoms with Crippen LogP contribution in [0.15, 0.2) is 54.6 Å². The quantitative estimate of drug-likeness (QED) is 0.673. The number of imide groups is 1. The average Bonchev–Trinajstić information content (AvgIpc) is 3.09. The van der Waals surface area contributed by atoms with E-state index in [1.807, 2.05) is 0 Å². The molecule has 0 aliphatic heterocycles. The first kappa shape index (κ1) is 18.5. The number of carbonyl (C=O) groups excluding carboxylic acids is 3. The molecule has 0 unspecified atom stereocenters. The average molecular weight is 386 g/mol. The van der Waals surface area contributed by atoms with Crippen LogP contribution < -0.4 is 10.6 Å². The molecule has 0 bridgehead atoms. The summed E-state index contributed by atoms with van der Waals surface area (Å²) in [5.41, 5.74) is 0.416. The standard InChI is InChI=1S/C19H15FN2O4S/c1-21-19(25)22-17(23)16(11-5-3-2-4-6-11)26-18(24)15-10-12-9-13(20)7-8-14(12)27-15/h2-10,16H,1H3,(H2,21,22,23,25)/t16-/m0/s1. The molecule has 0 aliphatic rings. The van der Waals surface area contributed by atoms with Gasteiger partial charge in [-0.3, -0.25) is 10.1 Å². The second-order valence-corrected chi connectivity index (χ2v) is 6.64. The first-order valence-electron chi connectivity index (χ1n) is 7.95. The zero-order valence-electron chi connectivity index (χ0n) is 14.2. The lowest BCUT2D eigenvalue weighted by atomic mass is 10.1. The number of benzene rings is 2. The van der Waals surface area contributed by atoms with Gasteiger partial charge in [0.25, 0.3) is 5.91 Å². The predicted octanol–water partition coefficient (Wildman–Crippen LogP) is 3.39. The van der Waals surface area contributed by atoms with Gasteiger partial charge in [0.2, 0.25) is 6.10 Å². The second kappa shape index (κ2) is 7.96. The number of amides is 3. The highest BCUT2D eigenvalue weighted by molar-refractivity contribution is 7.20. The van der Waals surface area contributed by atoms with Crippen molar-refractivity contribution in [2.24, 2.45) is 0 Å². The van der Waals surface area contributed by atoms with Crippen molar-refractivity contribution in [3.63, 3.8) is 0 Å². The number of ether oxygens (including phenoxy) is 1. The van der Waals surface area contributed by atoms with Gasteiger partial charge in [-0.2, -0.15) is 0 Å². The number of urea groups is 1. The van der Waals surface area contributed by atoms with Crippen LogP contribution in [0.25, 0.3) is 10.1 Å². The molecule has 2 aromatic carbocycles. The normalized spacial score (nSPS) is 11.6. The third kappa shape index (κ3) is 4.29. The van der Waals surface area contributed by atoms with Crippen molar-refractivity contribution in [2.45, 2.75) is 6.10 Å². The van der Waals surface area contributed by atoms with Crippen molar-refractivity contribution < 1.29 is 23.5 Å². The Morgan fingerprint density at radius 3 is 2.52 bits per heavy atom. The Labute approximate surface area is 157 Å². The predicted molar refractivity (Wildman–Crippen MR) is 99.0 cm³/mol. The molecule has 3 rings (SSSR count). The Morgan fingerprint density at radius 2 is 1.81 bits per heavy atom. The van der Waals surface area contributed by atoms with Crippen LogP contribution >= 0.6 is 11.3 Å². The minimum Gasteiger partial charge on any atom is -0.443 e. The van der Waals surface area contributed by atoms with Gasteiger partial charge in [-0.1, -0.05) is 30.3 Å². The molecule has 27 heavy (non-hydrogen) atoms. The van der Waals surface area contributed by atoms with Crippen LogP contribution in [-0.4, -0.2) is 25.0 Å². The highest BCUT2D eigenvalue weighted by Crippen LogP contribution is 2.28. The van der Waals surface area contributed by atoms with E-state index >= 15 is 0 Å². The Morgan fingerprint density at radius 1 is 1.07 bits per heavy atom. The summed E-state index contributed by atoms with van der Waals surface area (Å²) in [6, 6.07) is 13.3. The Kier molecular flexibility index (Phi) is 5.46. The van der Waals surface area contributed by atoms with Crippen LogP contribution in [0.1, 0.15) is 21.3 Å². The molecular formula is C19H15FN2O4S. The molecule has 0 spiro atoms. The summed E-state index contributed by atoms with van der Waals surface area (Å²) in [5, 5.41) is 4.94. The Hall–Kier alpha value is -3.26. The van der Waals surface area contributed by atoms with E-state index in [0.29, 0.717) is 10.9 Å². The van der Waals surface area contributed by atoms with Crippen LogP contribution in [0.3, 0.4) is 0 Å². The van der Waals surface area contributed by atoms with Crippen molar-refractivity contribution in [1.29, 1.82) is 0 Å². The fourth-order valence-electron chi connectivity index (χ4n) is 2.42. The number of halogens is 1.